The summed E-state index contributed by atoms with van der Waals surface area (Å²) >= 11 is 0. The highest BCUT2D eigenvalue weighted by Gasteiger charge is 2.38. The molecule has 268 valence electrons. The van der Waals surface area contributed by atoms with E-state index in [-0.39, 0.29) is 5.41 Å². The second-order valence-corrected chi connectivity index (χ2v) is 16.1. The Kier molecular flexibility index (Phi) is 6.72. The lowest BCUT2D eigenvalue weighted by Crippen LogP contribution is -2.14. The largest absolute Gasteiger partial charge is 0.309 e. The molecule has 0 radical (unpaired) electrons. The first-order chi connectivity index (χ1) is 28.0. The summed E-state index contributed by atoms with van der Waals surface area (Å²) in [6.07, 6.45) is 0. The van der Waals surface area contributed by atoms with Gasteiger partial charge in [-0.3, -0.25) is 0 Å². The summed E-state index contributed by atoms with van der Waals surface area (Å²) in [6, 6.07) is 71.8. The van der Waals surface area contributed by atoms with Crippen molar-refractivity contribution in [2.24, 2.45) is 0 Å². The second-order valence-electron chi connectivity index (χ2n) is 16.1. The Morgan fingerprint density at radius 3 is 1.75 bits per heavy atom. The third-order valence-electron chi connectivity index (χ3n) is 12.7. The van der Waals surface area contributed by atoms with Gasteiger partial charge in [0, 0.05) is 38.3 Å². The maximum Gasteiger partial charge on any atom is 0.0547 e. The summed E-state index contributed by atoms with van der Waals surface area (Å²) < 4.78 is 4.87. The average molecular weight is 727 g/mol. The van der Waals surface area contributed by atoms with Gasteiger partial charge in [0.05, 0.1) is 22.1 Å². The highest BCUT2D eigenvalue weighted by molar-refractivity contribution is 6.19. The first kappa shape index (κ1) is 32.1. The predicted octanol–water partition coefficient (Wildman–Crippen LogP) is 14.7. The van der Waals surface area contributed by atoms with Crippen molar-refractivity contribution in [2.45, 2.75) is 19.3 Å². The number of hydrogen-bond acceptors (Lipinski definition) is 0. The first-order valence-electron chi connectivity index (χ1n) is 19.9. The molecule has 2 heteroatoms. The number of aromatic nitrogens is 2. The van der Waals surface area contributed by atoms with Gasteiger partial charge < -0.3 is 9.13 Å². The lowest BCUT2D eigenvalue weighted by atomic mass is 9.82. The van der Waals surface area contributed by atoms with Gasteiger partial charge in [0.15, 0.2) is 0 Å². The van der Waals surface area contributed by atoms with Crippen LogP contribution in [0.4, 0.5) is 0 Å². The monoisotopic (exact) mass is 726 g/mol. The van der Waals surface area contributed by atoms with Gasteiger partial charge in [0.2, 0.25) is 0 Å². The number of nitrogens with zero attached hydrogens (tertiary/aromatic N) is 2. The zero-order valence-corrected chi connectivity index (χ0v) is 31.9. The van der Waals surface area contributed by atoms with Crippen molar-refractivity contribution >= 4 is 54.4 Å². The van der Waals surface area contributed by atoms with Gasteiger partial charge in [-0.05, 0) is 116 Å². The van der Waals surface area contributed by atoms with Gasteiger partial charge in [0.25, 0.3) is 0 Å². The third-order valence-corrected chi connectivity index (χ3v) is 12.7. The van der Waals surface area contributed by atoms with Gasteiger partial charge in [-0.2, -0.15) is 0 Å². The van der Waals surface area contributed by atoms with Crippen molar-refractivity contribution in [1.29, 1.82) is 0 Å². The Bertz CT molecular complexity index is 3410. The molecule has 12 rings (SSSR count). The lowest BCUT2D eigenvalue weighted by molar-refractivity contribution is 0.661. The van der Waals surface area contributed by atoms with Gasteiger partial charge in [-0.1, -0.05) is 147 Å². The molecule has 1 aliphatic carbocycles. The summed E-state index contributed by atoms with van der Waals surface area (Å²) in [7, 11) is 0. The van der Waals surface area contributed by atoms with E-state index in [0.717, 1.165) is 5.69 Å². The molecule has 2 aromatic heterocycles. The first-order valence-corrected chi connectivity index (χ1v) is 19.9. The molecular formula is C55H38N2. The predicted molar refractivity (Wildman–Crippen MR) is 241 cm³/mol. The minimum atomic E-state index is -0.133. The van der Waals surface area contributed by atoms with Crippen LogP contribution in [0.3, 0.4) is 0 Å². The molecule has 0 saturated carbocycles. The molecule has 2 heterocycles. The topological polar surface area (TPSA) is 9.86 Å². The molecular weight excluding hydrogens is 689 g/mol. The summed E-state index contributed by atoms with van der Waals surface area (Å²) in [4.78, 5) is 0. The van der Waals surface area contributed by atoms with E-state index in [1.165, 1.54) is 105 Å². The quantitative estimate of drug-likeness (QED) is 0.171. The Morgan fingerprint density at radius 1 is 0.351 bits per heavy atom. The summed E-state index contributed by atoms with van der Waals surface area (Å²) in [5, 5.41) is 7.66. The Morgan fingerprint density at radius 2 is 0.947 bits per heavy atom. The van der Waals surface area contributed by atoms with Crippen molar-refractivity contribution < 1.29 is 0 Å². The summed E-state index contributed by atoms with van der Waals surface area (Å²) in [6.45, 7) is 4.78. The third kappa shape index (κ3) is 4.59. The van der Waals surface area contributed by atoms with Gasteiger partial charge in [0.1, 0.15) is 0 Å². The van der Waals surface area contributed by atoms with Crippen molar-refractivity contribution in [3.63, 3.8) is 0 Å². The van der Waals surface area contributed by atoms with Crippen molar-refractivity contribution in [3.05, 3.63) is 205 Å². The minimum absolute atomic E-state index is 0.133. The molecule has 0 aliphatic heterocycles. The Balaban J connectivity index is 1.10. The van der Waals surface area contributed by atoms with Gasteiger partial charge in [-0.25, -0.2) is 0 Å². The number of para-hydroxylation sites is 3. The van der Waals surface area contributed by atoms with E-state index in [2.05, 4.69) is 217 Å². The standard InChI is InChI=1S/C55H38N2/c1-55(2)47-28-25-38(42-22-13-15-35-14-9-10-20-41(35)42)33-46(47)53-48(55)29-31-51-54(53)44-27-24-37(34-52(44)57(51)40-18-7-4-8-19-40)36-26-30-50-45(32-36)43-21-11-12-23-49(43)56(50)39-16-5-3-6-17-39/h3-34H,1-2H3. The van der Waals surface area contributed by atoms with Crippen LogP contribution in [0.25, 0.3) is 99.1 Å². The molecule has 0 unspecified atom stereocenters. The fraction of sp³-hybridized carbons (Fsp3) is 0.0545. The minimum Gasteiger partial charge on any atom is -0.309 e. The van der Waals surface area contributed by atoms with Crippen LogP contribution in [0.1, 0.15) is 25.0 Å². The van der Waals surface area contributed by atoms with Crippen LogP contribution in [0, 0.1) is 0 Å². The van der Waals surface area contributed by atoms with Gasteiger partial charge >= 0.3 is 0 Å². The zero-order valence-electron chi connectivity index (χ0n) is 31.9. The van der Waals surface area contributed by atoms with E-state index >= 15 is 0 Å². The van der Waals surface area contributed by atoms with Crippen LogP contribution in [0.15, 0.2) is 194 Å². The van der Waals surface area contributed by atoms with Gasteiger partial charge in [-0.15, -0.1) is 0 Å². The van der Waals surface area contributed by atoms with Crippen molar-refractivity contribution in [1.82, 2.24) is 9.13 Å². The fourth-order valence-electron chi connectivity index (χ4n) is 10.0. The molecule has 0 N–H and O–H groups in total. The number of hydrogen-bond donors (Lipinski definition) is 0. The number of fused-ring (bicyclic) bond motifs is 11. The maximum absolute atomic E-state index is 2.48. The molecule has 0 spiro atoms. The van der Waals surface area contributed by atoms with Crippen LogP contribution in [0.2, 0.25) is 0 Å². The summed E-state index contributed by atoms with van der Waals surface area (Å²) in [5.74, 6) is 0. The van der Waals surface area contributed by atoms with E-state index < -0.39 is 0 Å². The normalized spacial score (nSPS) is 13.2. The summed E-state index contributed by atoms with van der Waals surface area (Å²) in [5.41, 5.74) is 17.5. The van der Waals surface area contributed by atoms with Crippen molar-refractivity contribution in [3.8, 4) is 44.8 Å². The van der Waals surface area contributed by atoms with Crippen LogP contribution >= 0.6 is 0 Å². The second kappa shape index (κ2) is 11.9. The van der Waals surface area contributed by atoms with E-state index in [1.54, 1.807) is 0 Å². The van der Waals surface area contributed by atoms with Crippen LogP contribution in [0.5, 0.6) is 0 Å². The molecule has 9 aromatic carbocycles. The smallest absolute Gasteiger partial charge is 0.0547 e. The average Bonchev–Trinajstić information content (AvgIpc) is 3.86. The molecule has 0 atom stereocenters. The van der Waals surface area contributed by atoms with Crippen LogP contribution in [-0.4, -0.2) is 9.13 Å². The zero-order chi connectivity index (χ0) is 37.8. The molecule has 2 nitrogen and oxygen atoms in total. The molecule has 1 aliphatic rings. The van der Waals surface area contributed by atoms with Crippen LogP contribution in [-0.2, 0) is 5.41 Å². The number of benzene rings is 9. The Hall–Kier alpha value is -7.16. The van der Waals surface area contributed by atoms with Crippen molar-refractivity contribution in [2.75, 3.05) is 0 Å². The molecule has 57 heavy (non-hydrogen) atoms. The van der Waals surface area contributed by atoms with E-state index in [9.17, 15) is 0 Å². The van der Waals surface area contributed by atoms with Crippen LogP contribution < -0.4 is 0 Å². The van der Waals surface area contributed by atoms with E-state index in [0.29, 0.717) is 0 Å². The fourth-order valence-corrected chi connectivity index (χ4v) is 10.0. The molecule has 0 saturated heterocycles. The Labute approximate surface area is 331 Å². The highest BCUT2D eigenvalue weighted by Crippen LogP contribution is 2.54. The lowest BCUT2D eigenvalue weighted by Gasteiger charge is -2.21. The SMILES string of the molecule is CC1(C)c2ccc(-c3cccc4ccccc34)cc2-c2c1ccc1c2c2ccc(-c3ccc4c(c3)c3ccccc3n4-c3ccccc3)cc2n1-c1ccccc1. The molecule has 11 aromatic rings. The molecule has 0 bridgehead atoms. The van der Waals surface area contributed by atoms with E-state index in [4.69, 9.17) is 0 Å². The highest BCUT2D eigenvalue weighted by atomic mass is 15.0. The maximum atomic E-state index is 2.48. The molecule has 0 fully saturated rings. The molecule has 0 amide bonds. The number of rotatable bonds is 4. The van der Waals surface area contributed by atoms with E-state index in [1.807, 2.05) is 0 Å².